The third-order valence-corrected chi connectivity index (χ3v) is 6.32. The minimum absolute atomic E-state index is 0.00138. The van der Waals surface area contributed by atoms with E-state index < -0.39 is 0 Å². The van der Waals surface area contributed by atoms with Crippen molar-refractivity contribution in [1.29, 1.82) is 0 Å². The number of nitrogens with zero attached hydrogens (tertiary/aromatic N) is 4. The molecule has 1 fully saturated rings. The number of halogens is 2. The van der Waals surface area contributed by atoms with Crippen molar-refractivity contribution in [3.8, 4) is 15.6 Å². The molecule has 7 nitrogen and oxygen atoms in total. The van der Waals surface area contributed by atoms with Crippen LogP contribution < -0.4 is 10.1 Å². The van der Waals surface area contributed by atoms with Crippen molar-refractivity contribution >= 4 is 39.1 Å². The van der Waals surface area contributed by atoms with Crippen molar-refractivity contribution in [2.45, 2.75) is 18.9 Å². The summed E-state index contributed by atoms with van der Waals surface area (Å²) < 4.78 is 19.4. The molecule has 30 heavy (non-hydrogen) atoms. The molecular formula is C20H19BrFN5O2S. The van der Waals surface area contributed by atoms with Gasteiger partial charge in [0, 0.05) is 31.5 Å². The first-order valence-electron chi connectivity index (χ1n) is 9.38. The zero-order chi connectivity index (χ0) is 21.1. The Bertz CT molecular complexity index is 1030. The predicted octanol–water partition coefficient (Wildman–Crippen LogP) is 4.23. The fraction of sp³-hybridized carbons (Fsp3) is 0.300. The van der Waals surface area contributed by atoms with Crippen molar-refractivity contribution < 1.29 is 13.9 Å². The molecule has 3 aromatic rings. The molecule has 0 radical (unpaired) electrons. The van der Waals surface area contributed by atoms with Crippen LogP contribution in [0.2, 0.25) is 0 Å². The molecule has 1 aromatic carbocycles. The molecule has 1 amide bonds. The lowest BCUT2D eigenvalue weighted by molar-refractivity contribution is 0.0738. The van der Waals surface area contributed by atoms with Gasteiger partial charge in [-0.1, -0.05) is 23.5 Å². The molecule has 1 saturated heterocycles. The van der Waals surface area contributed by atoms with Crippen LogP contribution in [0.5, 0.6) is 5.19 Å². The van der Waals surface area contributed by atoms with E-state index in [1.54, 1.807) is 24.5 Å². The van der Waals surface area contributed by atoms with E-state index in [0.29, 0.717) is 34.8 Å². The molecule has 3 heterocycles. The van der Waals surface area contributed by atoms with Gasteiger partial charge >= 0.3 is 0 Å². The molecule has 1 N–H and O–H groups in total. The van der Waals surface area contributed by atoms with Crippen LogP contribution >= 0.6 is 27.3 Å². The summed E-state index contributed by atoms with van der Waals surface area (Å²) in [6.07, 6.45) is 5.13. The van der Waals surface area contributed by atoms with E-state index >= 15 is 0 Å². The van der Waals surface area contributed by atoms with E-state index in [-0.39, 0.29) is 17.8 Å². The number of likely N-dealkylation sites (tertiary alicyclic amines) is 1. The lowest BCUT2D eigenvalue weighted by Gasteiger charge is -2.24. The fourth-order valence-electron chi connectivity index (χ4n) is 3.39. The molecule has 0 saturated carbocycles. The molecular weight excluding hydrogens is 473 g/mol. The SMILES string of the molecule is COc1nc(C(=O)N2CCC[C@H]2CNc2ncc(Br)cn2)c(-c2ccc(F)cc2)s1. The number of amides is 1. The number of rotatable bonds is 6. The first-order chi connectivity index (χ1) is 14.5. The van der Waals surface area contributed by atoms with Gasteiger partial charge in [-0.25, -0.2) is 14.4 Å². The predicted molar refractivity (Wildman–Crippen MR) is 116 cm³/mol. The Morgan fingerprint density at radius 2 is 2.07 bits per heavy atom. The number of ether oxygens (including phenoxy) is 1. The Morgan fingerprint density at radius 3 is 2.77 bits per heavy atom. The van der Waals surface area contributed by atoms with Crippen molar-refractivity contribution in [2.75, 3.05) is 25.5 Å². The third kappa shape index (κ3) is 4.44. The van der Waals surface area contributed by atoms with Gasteiger partial charge in [-0.2, -0.15) is 4.98 Å². The van der Waals surface area contributed by atoms with Crippen LogP contribution in [0, 0.1) is 5.82 Å². The number of hydrogen-bond donors (Lipinski definition) is 1. The molecule has 0 bridgehead atoms. The van der Waals surface area contributed by atoms with E-state index in [9.17, 15) is 9.18 Å². The summed E-state index contributed by atoms with van der Waals surface area (Å²) in [4.78, 5) is 28.7. The summed E-state index contributed by atoms with van der Waals surface area (Å²) in [6, 6.07) is 6.03. The second kappa shape index (κ2) is 9.05. The number of thiazole rings is 1. The molecule has 4 rings (SSSR count). The van der Waals surface area contributed by atoms with E-state index in [1.165, 1.54) is 30.6 Å². The average Bonchev–Trinajstić information content (AvgIpc) is 3.40. The van der Waals surface area contributed by atoms with Crippen molar-refractivity contribution in [2.24, 2.45) is 0 Å². The normalized spacial score (nSPS) is 16.0. The summed E-state index contributed by atoms with van der Waals surface area (Å²) in [7, 11) is 1.52. The lowest BCUT2D eigenvalue weighted by atomic mass is 10.1. The highest BCUT2D eigenvalue weighted by molar-refractivity contribution is 9.10. The highest BCUT2D eigenvalue weighted by Crippen LogP contribution is 2.36. The maximum absolute atomic E-state index is 13.4. The summed E-state index contributed by atoms with van der Waals surface area (Å²) in [5.41, 5.74) is 1.06. The van der Waals surface area contributed by atoms with Crippen molar-refractivity contribution in [1.82, 2.24) is 19.9 Å². The van der Waals surface area contributed by atoms with Crippen LogP contribution in [-0.2, 0) is 0 Å². The van der Waals surface area contributed by atoms with Crippen LogP contribution in [0.4, 0.5) is 10.3 Å². The monoisotopic (exact) mass is 491 g/mol. The number of nitrogens with one attached hydrogen (secondary N) is 1. The number of hydrogen-bond acceptors (Lipinski definition) is 7. The van der Waals surface area contributed by atoms with E-state index in [2.05, 4.69) is 36.2 Å². The second-order valence-electron chi connectivity index (χ2n) is 6.77. The minimum atomic E-state index is -0.330. The molecule has 0 aliphatic carbocycles. The molecule has 1 aliphatic heterocycles. The fourth-order valence-corrected chi connectivity index (χ4v) is 4.48. The zero-order valence-corrected chi connectivity index (χ0v) is 18.5. The maximum atomic E-state index is 13.4. The van der Waals surface area contributed by atoms with Gasteiger partial charge in [0.2, 0.25) is 5.95 Å². The molecule has 1 atom stereocenters. The molecule has 156 valence electrons. The molecule has 2 aromatic heterocycles. The van der Waals surface area contributed by atoms with Gasteiger partial charge in [0.15, 0.2) is 5.69 Å². The zero-order valence-electron chi connectivity index (χ0n) is 16.1. The Morgan fingerprint density at radius 1 is 1.33 bits per heavy atom. The van der Waals surface area contributed by atoms with Gasteiger partial charge in [0.25, 0.3) is 11.1 Å². The largest absolute Gasteiger partial charge is 0.473 e. The molecule has 0 spiro atoms. The Hall–Kier alpha value is -2.59. The van der Waals surface area contributed by atoms with Crippen LogP contribution in [-0.4, -0.2) is 52.0 Å². The third-order valence-electron chi connectivity index (χ3n) is 4.85. The topological polar surface area (TPSA) is 80.2 Å². The quantitative estimate of drug-likeness (QED) is 0.555. The standard InChI is InChI=1S/C20H19BrFN5O2S/c1-29-20-26-16(17(30-20)12-4-6-14(22)7-5-12)18(28)27-8-2-3-15(27)11-25-19-23-9-13(21)10-24-19/h4-7,9-10,15H,2-3,8,11H2,1H3,(H,23,24,25)/t15-/m0/s1. The van der Waals surface area contributed by atoms with E-state index in [4.69, 9.17) is 4.74 Å². The Kier molecular flexibility index (Phi) is 6.24. The second-order valence-corrected chi connectivity index (χ2v) is 8.65. The lowest BCUT2D eigenvalue weighted by Crippen LogP contribution is -2.40. The summed E-state index contributed by atoms with van der Waals surface area (Å²) >= 11 is 4.59. The van der Waals surface area contributed by atoms with Crippen molar-refractivity contribution in [3.63, 3.8) is 0 Å². The summed E-state index contributed by atoms with van der Waals surface area (Å²) in [5.74, 6) is 0.0266. The number of anilines is 1. The van der Waals surface area contributed by atoms with Crippen LogP contribution in [0.1, 0.15) is 23.3 Å². The summed E-state index contributed by atoms with van der Waals surface area (Å²) in [5, 5.41) is 3.60. The van der Waals surface area contributed by atoms with Crippen LogP contribution in [0.15, 0.2) is 41.1 Å². The van der Waals surface area contributed by atoms with Gasteiger partial charge in [-0.05, 0) is 46.5 Å². The van der Waals surface area contributed by atoms with Gasteiger partial charge in [-0.15, -0.1) is 0 Å². The highest BCUT2D eigenvalue weighted by Gasteiger charge is 2.33. The first kappa shape index (κ1) is 20.7. The minimum Gasteiger partial charge on any atom is -0.473 e. The van der Waals surface area contributed by atoms with Gasteiger partial charge in [0.05, 0.1) is 16.5 Å². The van der Waals surface area contributed by atoms with Gasteiger partial charge in [-0.3, -0.25) is 4.79 Å². The average molecular weight is 492 g/mol. The van der Waals surface area contributed by atoms with Crippen molar-refractivity contribution in [3.05, 3.63) is 52.6 Å². The number of carbonyl (C=O) groups excluding carboxylic acids is 1. The van der Waals surface area contributed by atoms with E-state index in [0.717, 1.165) is 22.9 Å². The van der Waals surface area contributed by atoms with Crippen LogP contribution in [0.25, 0.3) is 10.4 Å². The highest BCUT2D eigenvalue weighted by atomic mass is 79.9. The first-order valence-corrected chi connectivity index (χ1v) is 11.0. The van der Waals surface area contributed by atoms with E-state index in [1.807, 2.05) is 4.90 Å². The van der Waals surface area contributed by atoms with Gasteiger partial charge < -0.3 is 15.0 Å². The maximum Gasteiger partial charge on any atom is 0.274 e. The number of aromatic nitrogens is 3. The Labute approximate surface area is 185 Å². The molecule has 0 unspecified atom stereocenters. The smallest absolute Gasteiger partial charge is 0.274 e. The Balaban J connectivity index is 1.54. The molecule has 1 aliphatic rings. The number of benzene rings is 1. The summed E-state index contributed by atoms with van der Waals surface area (Å²) in [6.45, 7) is 1.19. The number of methoxy groups -OCH3 is 1. The van der Waals surface area contributed by atoms with Crippen LogP contribution in [0.3, 0.4) is 0 Å². The number of carbonyl (C=O) groups is 1. The van der Waals surface area contributed by atoms with Gasteiger partial charge in [0.1, 0.15) is 5.82 Å². The molecule has 10 heteroatoms.